The topological polar surface area (TPSA) is 101 Å². The zero-order valence-corrected chi connectivity index (χ0v) is 17.9. The zero-order valence-electron chi connectivity index (χ0n) is 17.1. The van der Waals surface area contributed by atoms with Gasteiger partial charge in [0.2, 0.25) is 6.20 Å². The van der Waals surface area contributed by atoms with Crippen molar-refractivity contribution in [3.63, 3.8) is 0 Å². The monoisotopic (exact) mass is 462 g/mol. The maximum absolute atomic E-state index is 12.3. The summed E-state index contributed by atoms with van der Waals surface area (Å²) in [7, 11) is 0.149. The van der Waals surface area contributed by atoms with E-state index in [9.17, 15) is 26.4 Å². The minimum Gasteiger partial charge on any atom is -0.493 e. The molecule has 170 valence electrons. The van der Waals surface area contributed by atoms with Crippen LogP contribution in [0.2, 0.25) is 0 Å². The van der Waals surface area contributed by atoms with Gasteiger partial charge in [-0.15, -0.1) is 0 Å². The molecule has 0 saturated heterocycles. The first kappa shape index (κ1) is 26.0. The van der Waals surface area contributed by atoms with Crippen LogP contribution in [0.1, 0.15) is 10.4 Å². The molecule has 2 rings (SSSR count). The fourth-order valence-electron chi connectivity index (χ4n) is 2.16. The van der Waals surface area contributed by atoms with Gasteiger partial charge < -0.3 is 9.64 Å². The number of aromatic nitrogens is 2. The average Bonchev–Trinajstić information content (AvgIpc) is 2.70. The van der Waals surface area contributed by atoms with Gasteiger partial charge in [-0.1, -0.05) is 41.6 Å². The molecule has 0 saturated carbocycles. The van der Waals surface area contributed by atoms with Crippen molar-refractivity contribution in [2.24, 2.45) is 0 Å². The van der Waals surface area contributed by atoms with Crippen LogP contribution in [0, 0.1) is 0 Å². The van der Waals surface area contributed by atoms with Crippen molar-refractivity contribution in [1.82, 2.24) is 10.00 Å². The summed E-state index contributed by atoms with van der Waals surface area (Å²) in [6, 6.07) is 9.28. The third kappa shape index (κ3) is 8.72. The van der Waals surface area contributed by atoms with Crippen LogP contribution in [0.15, 0.2) is 55.1 Å². The third-order valence-electron chi connectivity index (χ3n) is 3.77. The number of benzene rings is 1. The highest BCUT2D eigenvalue weighted by Crippen LogP contribution is 2.23. The normalized spacial score (nSPS) is 11.2. The molecule has 1 aromatic carbocycles. The molecule has 0 atom stereocenters. The second-order valence-electron chi connectivity index (χ2n) is 6.34. The van der Waals surface area contributed by atoms with Gasteiger partial charge in [-0.05, 0) is 10.7 Å². The Kier molecular flexibility index (Phi) is 9.13. The minimum absolute atomic E-state index is 0.00486. The van der Waals surface area contributed by atoms with Crippen LogP contribution in [0.3, 0.4) is 0 Å². The number of hydrogen-bond acceptors (Lipinski definition) is 5. The summed E-state index contributed by atoms with van der Waals surface area (Å²) in [5, 5.41) is 4.07. The van der Waals surface area contributed by atoms with Crippen molar-refractivity contribution in [2.75, 3.05) is 27.0 Å². The van der Waals surface area contributed by atoms with Gasteiger partial charge in [0.15, 0.2) is 12.3 Å². The summed E-state index contributed by atoms with van der Waals surface area (Å²) in [4.78, 5) is 13.8. The number of ether oxygens (including phenoxy) is 1. The predicted molar refractivity (Wildman–Crippen MR) is 107 cm³/mol. The first-order valence-electron chi connectivity index (χ1n) is 8.68. The number of hydrogen-bond donors (Lipinski definition) is 1. The first-order valence-corrected chi connectivity index (χ1v) is 10.3. The minimum atomic E-state index is -4.41. The molecule has 1 heterocycles. The quantitative estimate of drug-likeness (QED) is 0.402. The highest BCUT2D eigenvalue weighted by atomic mass is 32.2. The fraction of sp³-hybridized carbons (Fsp3) is 0.316. The highest BCUT2D eigenvalue weighted by Gasteiger charge is 2.33. The molecule has 12 heteroatoms. The third-order valence-corrected chi connectivity index (χ3v) is 4.46. The Morgan fingerprint density at radius 1 is 1.26 bits per heavy atom. The largest absolute Gasteiger partial charge is 0.493 e. The number of nitrogens with zero attached hydrogens (tertiary/aromatic N) is 3. The number of aryl methyl sites for hydroxylation is 1. The van der Waals surface area contributed by atoms with Crippen molar-refractivity contribution in [1.29, 1.82) is 0 Å². The van der Waals surface area contributed by atoms with Crippen molar-refractivity contribution >= 4 is 16.0 Å². The van der Waals surface area contributed by atoms with E-state index >= 15 is 0 Å². The molecule has 0 aliphatic rings. The second-order valence-corrected chi connectivity index (χ2v) is 7.91. The maximum atomic E-state index is 12.3. The molecule has 1 amide bonds. The van der Waals surface area contributed by atoms with Gasteiger partial charge >= 0.3 is 6.18 Å². The van der Waals surface area contributed by atoms with Gasteiger partial charge in [0, 0.05) is 14.1 Å². The van der Waals surface area contributed by atoms with Gasteiger partial charge in [0.05, 0.1) is 18.2 Å². The van der Waals surface area contributed by atoms with Crippen LogP contribution in [0.5, 0.6) is 0 Å². The molecule has 0 unspecified atom stereocenters. The van der Waals surface area contributed by atoms with Gasteiger partial charge in [0.25, 0.3) is 16.0 Å². The summed E-state index contributed by atoms with van der Waals surface area (Å²) in [6.07, 6.45) is -1.39. The number of rotatable bonds is 6. The van der Waals surface area contributed by atoms with E-state index < -0.39 is 27.8 Å². The van der Waals surface area contributed by atoms with E-state index in [2.05, 4.69) is 16.4 Å². The Hall–Kier alpha value is -2.99. The molecular weight excluding hydrogens is 439 g/mol. The van der Waals surface area contributed by atoms with Crippen molar-refractivity contribution in [3.05, 3.63) is 60.6 Å². The van der Waals surface area contributed by atoms with Gasteiger partial charge in [-0.2, -0.15) is 21.6 Å². The van der Waals surface area contributed by atoms with E-state index in [0.717, 1.165) is 12.7 Å². The van der Waals surface area contributed by atoms with E-state index in [4.69, 9.17) is 4.55 Å². The van der Waals surface area contributed by atoms with Crippen LogP contribution in [0.4, 0.5) is 13.2 Å². The van der Waals surface area contributed by atoms with Crippen molar-refractivity contribution in [2.45, 2.75) is 12.7 Å². The number of methoxy groups -OCH3 is 1. The Morgan fingerprint density at radius 2 is 1.84 bits per heavy atom. The molecule has 0 aliphatic heterocycles. The molecule has 1 aromatic heterocycles. The van der Waals surface area contributed by atoms with Crippen LogP contribution < -0.4 is 4.68 Å². The summed E-state index contributed by atoms with van der Waals surface area (Å²) < 4.78 is 69.5. The lowest BCUT2D eigenvalue weighted by atomic mass is 10.0. The van der Waals surface area contributed by atoms with Crippen LogP contribution >= 0.6 is 0 Å². The summed E-state index contributed by atoms with van der Waals surface area (Å²) in [5.74, 6) is -1.81. The molecule has 0 aliphatic carbocycles. The lowest BCUT2D eigenvalue weighted by molar-refractivity contribution is -0.749. The van der Waals surface area contributed by atoms with Gasteiger partial charge in [-0.3, -0.25) is 9.35 Å². The van der Waals surface area contributed by atoms with E-state index in [1.807, 2.05) is 30.3 Å². The number of halogens is 3. The molecule has 2 aromatic rings. The Balaban J connectivity index is 0.000000512. The molecule has 0 bridgehead atoms. The molecule has 0 fully saturated rings. The summed E-state index contributed by atoms with van der Waals surface area (Å²) in [6.45, 7) is 2.59. The fourth-order valence-corrected chi connectivity index (χ4v) is 2.58. The van der Waals surface area contributed by atoms with E-state index in [0.29, 0.717) is 11.1 Å². The zero-order chi connectivity index (χ0) is 23.8. The smallest absolute Gasteiger partial charge is 0.448 e. The van der Waals surface area contributed by atoms with Crippen molar-refractivity contribution < 1.29 is 40.4 Å². The maximum Gasteiger partial charge on any atom is 0.448 e. The Bertz CT molecular complexity index is 1010. The van der Waals surface area contributed by atoms with Gasteiger partial charge in [0.1, 0.15) is 11.9 Å². The first-order chi connectivity index (χ1) is 14.3. The van der Waals surface area contributed by atoms with E-state index in [-0.39, 0.29) is 12.5 Å². The number of allylic oxidation sites excluding steroid dienone is 1. The van der Waals surface area contributed by atoms with E-state index in [1.165, 1.54) is 15.8 Å². The van der Waals surface area contributed by atoms with Crippen LogP contribution in [0.25, 0.3) is 11.1 Å². The molecule has 8 nitrogen and oxygen atoms in total. The number of amides is 1. The molecule has 1 N–H and O–H groups in total. The van der Waals surface area contributed by atoms with Gasteiger partial charge in [-0.25, -0.2) is 0 Å². The SMILES string of the molecule is C=C(OC)C(F)(F)F.CN(C)C(=O)c1cn[n+](CCS(=O)(=O)O)cc1-c1ccccc1. The Morgan fingerprint density at radius 3 is 2.26 bits per heavy atom. The van der Waals surface area contributed by atoms with Crippen molar-refractivity contribution in [3.8, 4) is 11.1 Å². The molecular formula is C19H23F3N3O5S+. The molecule has 0 spiro atoms. The average molecular weight is 462 g/mol. The second kappa shape index (κ2) is 10.9. The van der Waals surface area contributed by atoms with E-state index in [1.54, 1.807) is 20.3 Å². The summed E-state index contributed by atoms with van der Waals surface area (Å²) in [5.41, 5.74) is 1.89. The Labute approximate surface area is 178 Å². The lowest BCUT2D eigenvalue weighted by Gasteiger charge is -2.12. The number of alkyl halides is 3. The number of carbonyl (C=O) groups excluding carboxylic acids is 1. The van der Waals surface area contributed by atoms with Crippen LogP contribution in [-0.2, 0) is 21.4 Å². The number of carbonyl (C=O) groups is 1. The van der Waals surface area contributed by atoms with Crippen LogP contribution in [-0.4, -0.2) is 62.0 Å². The summed E-state index contributed by atoms with van der Waals surface area (Å²) >= 11 is 0. The standard InChI is InChI=1S/C15H17N3O4S.C4H5F3O/c1-17(2)15(19)13-10-16-18(8-9-23(20,21)22)11-14(13)12-6-4-3-5-7-12;1-3(8-2)4(5,6)7/h3-7,10-11H,8-9H2,1-2H3;1H2,2H3/p+1. The highest BCUT2D eigenvalue weighted by molar-refractivity contribution is 7.85. The predicted octanol–water partition coefficient (Wildman–Crippen LogP) is 2.33. The molecule has 31 heavy (non-hydrogen) atoms. The lowest BCUT2D eigenvalue weighted by Crippen LogP contribution is -2.41. The molecule has 0 radical (unpaired) electrons.